The van der Waals surface area contributed by atoms with Crippen LogP contribution >= 0.6 is 0 Å². The summed E-state index contributed by atoms with van der Waals surface area (Å²) >= 11 is 0. The Hall–Kier alpha value is -2.08. The lowest BCUT2D eigenvalue weighted by molar-refractivity contribution is 0.446. The Kier molecular flexibility index (Phi) is 4.02. The lowest BCUT2D eigenvalue weighted by atomic mass is 9.73. The molecule has 2 aromatic carbocycles. The Labute approximate surface area is 140 Å². The van der Waals surface area contributed by atoms with E-state index in [1.807, 2.05) is 0 Å². The second-order valence-corrected chi connectivity index (χ2v) is 7.59. The Balaban J connectivity index is 1.91. The topological polar surface area (TPSA) is 0 Å². The second-order valence-electron chi connectivity index (χ2n) is 7.59. The molecule has 2 aromatic rings. The van der Waals surface area contributed by atoms with E-state index in [0.29, 0.717) is 5.92 Å². The highest BCUT2D eigenvalue weighted by Gasteiger charge is 2.34. The standard InChI is InChI=1S/C23H26/c1-22(2,18-11-7-5-8-12-18)20-15-16-21(17-20)23(3,4)19-13-9-6-10-14-19/h5-17,20H,1-4H3. The fourth-order valence-electron chi connectivity index (χ4n) is 3.46. The molecule has 0 aromatic heterocycles. The van der Waals surface area contributed by atoms with Crippen molar-refractivity contribution < 1.29 is 0 Å². The van der Waals surface area contributed by atoms with E-state index in [9.17, 15) is 0 Å². The largest absolute Gasteiger partial charge is 0.0764 e. The van der Waals surface area contributed by atoms with Crippen molar-refractivity contribution in [2.24, 2.45) is 5.92 Å². The molecule has 0 spiro atoms. The molecule has 0 saturated heterocycles. The van der Waals surface area contributed by atoms with E-state index in [-0.39, 0.29) is 10.8 Å². The first-order valence-electron chi connectivity index (χ1n) is 8.44. The molecule has 0 bridgehead atoms. The smallest absolute Gasteiger partial charge is 0.0143 e. The third kappa shape index (κ3) is 2.91. The third-order valence-corrected chi connectivity index (χ3v) is 5.41. The zero-order valence-corrected chi connectivity index (χ0v) is 14.6. The van der Waals surface area contributed by atoms with Gasteiger partial charge in [0, 0.05) is 11.3 Å². The van der Waals surface area contributed by atoms with E-state index < -0.39 is 0 Å². The Morgan fingerprint density at radius 1 is 0.696 bits per heavy atom. The maximum Gasteiger partial charge on any atom is 0.0143 e. The molecule has 3 rings (SSSR count). The summed E-state index contributed by atoms with van der Waals surface area (Å²) in [6.07, 6.45) is 7.15. The lowest BCUT2D eigenvalue weighted by Crippen LogP contribution is -2.26. The minimum atomic E-state index is 0.0410. The molecular weight excluding hydrogens is 276 g/mol. The molecule has 23 heavy (non-hydrogen) atoms. The Bertz CT molecular complexity index is 715. The molecular formula is C23H26. The molecule has 0 nitrogen and oxygen atoms in total. The van der Waals surface area contributed by atoms with Crippen LogP contribution in [0.15, 0.2) is 84.5 Å². The van der Waals surface area contributed by atoms with E-state index in [0.717, 1.165) is 0 Å². The Morgan fingerprint density at radius 3 is 1.78 bits per heavy atom. The molecule has 1 aliphatic rings. The van der Waals surface area contributed by atoms with E-state index in [2.05, 4.69) is 107 Å². The minimum Gasteiger partial charge on any atom is -0.0764 e. The molecule has 0 radical (unpaired) electrons. The summed E-state index contributed by atoms with van der Waals surface area (Å²) in [7, 11) is 0. The van der Waals surface area contributed by atoms with E-state index in [1.54, 1.807) is 0 Å². The molecule has 0 aliphatic heterocycles. The normalized spacial score (nSPS) is 18.1. The first-order chi connectivity index (χ1) is 10.9. The lowest BCUT2D eigenvalue weighted by Gasteiger charge is -2.31. The summed E-state index contributed by atoms with van der Waals surface area (Å²) in [5.41, 5.74) is 4.32. The molecule has 118 valence electrons. The SMILES string of the molecule is CC(C)(C1=CC(C(C)(C)c2ccccc2)C=C1)c1ccccc1. The van der Waals surface area contributed by atoms with E-state index in [4.69, 9.17) is 0 Å². The number of rotatable bonds is 4. The van der Waals surface area contributed by atoms with Crippen LogP contribution in [0.5, 0.6) is 0 Å². The molecule has 1 unspecified atom stereocenters. The van der Waals surface area contributed by atoms with E-state index in [1.165, 1.54) is 16.7 Å². The summed E-state index contributed by atoms with van der Waals surface area (Å²) < 4.78 is 0. The average molecular weight is 302 g/mol. The van der Waals surface area contributed by atoms with Crippen molar-refractivity contribution in [3.8, 4) is 0 Å². The van der Waals surface area contributed by atoms with Gasteiger partial charge in [0.2, 0.25) is 0 Å². The predicted molar refractivity (Wildman–Crippen MR) is 99.6 cm³/mol. The van der Waals surface area contributed by atoms with Crippen LogP contribution in [-0.4, -0.2) is 0 Å². The quantitative estimate of drug-likeness (QED) is 0.644. The molecule has 0 fully saturated rings. The van der Waals surface area contributed by atoms with Gasteiger partial charge in [-0.1, -0.05) is 107 Å². The van der Waals surface area contributed by atoms with Gasteiger partial charge in [-0.15, -0.1) is 0 Å². The van der Waals surface area contributed by atoms with Gasteiger partial charge in [-0.25, -0.2) is 0 Å². The second kappa shape index (κ2) is 5.85. The van der Waals surface area contributed by atoms with Crippen molar-refractivity contribution in [3.05, 3.63) is 95.6 Å². The fraction of sp³-hybridized carbons (Fsp3) is 0.304. The average Bonchev–Trinajstić information content (AvgIpc) is 3.08. The molecule has 0 saturated carbocycles. The van der Waals surface area contributed by atoms with Crippen LogP contribution in [-0.2, 0) is 10.8 Å². The van der Waals surface area contributed by atoms with Gasteiger partial charge in [-0.2, -0.15) is 0 Å². The predicted octanol–water partition coefficient (Wildman–Crippen LogP) is 6.05. The molecule has 0 N–H and O–H groups in total. The van der Waals surface area contributed by atoms with Crippen LogP contribution in [0.25, 0.3) is 0 Å². The zero-order chi connectivity index (χ0) is 16.5. The zero-order valence-electron chi connectivity index (χ0n) is 14.6. The summed E-state index contributed by atoms with van der Waals surface area (Å²) in [4.78, 5) is 0. The third-order valence-electron chi connectivity index (χ3n) is 5.41. The van der Waals surface area contributed by atoms with Gasteiger partial charge < -0.3 is 0 Å². The van der Waals surface area contributed by atoms with Crippen LogP contribution in [0.1, 0.15) is 38.8 Å². The van der Waals surface area contributed by atoms with Gasteiger partial charge in [0.25, 0.3) is 0 Å². The number of hydrogen-bond acceptors (Lipinski definition) is 0. The van der Waals surface area contributed by atoms with Crippen molar-refractivity contribution in [2.75, 3.05) is 0 Å². The fourth-order valence-corrected chi connectivity index (χ4v) is 3.46. The van der Waals surface area contributed by atoms with Gasteiger partial charge in [0.1, 0.15) is 0 Å². The molecule has 0 amide bonds. The summed E-state index contributed by atoms with van der Waals surface area (Å²) in [6, 6.07) is 21.6. The van der Waals surface area contributed by atoms with Crippen molar-refractivity contribution in [1.29, 1.82) is 0 Å². The number of benzene rings is 2. The van der Waals surface area contributed by atoms with Crippen LogP contribution in [0.2, 0.25) is 0 Å². The highest BCUT2D eigenvalue weighted by Crippen LogP contribution is 2.42. The van der Waals surface area contributed by atoms with Crippen molar-refractivity contribution in [3.63, 3.8) is 0 Å². The first-order valence-corrected chi connectivity index (χ1v) is 8.44. The van der Waals surface area contributed by atoms with Gasteiger partial charge >= 0.3 is 0 Å². The molecule has 1 atom stereocenters. The molecule has 0 heteroatoms. The van der Waals surface area contributed by atoms with Crippen LogP contribution in [0.4, 0.5) is 0 Å². The summed E-state index contributed by atoms with van der Waals surface area (Å²) in [5.74, 6) is 0.433. The summed E-state index contributed by atoms with van der Waals surface area (Å²) in [6.45, 7) is 9.31. The highest BCUT2D eigenvalue weighted by molar-refractivity contribution is 5.46. The van der Waals surface area contributed by atoms with Gasteiger partial charge in [0.15, 0.2) is 0 Å². The highest BCUT2D eigenvalue weighted by atomic mass is 14.4. The maximum atomic E-state index is 2.46. The van der Waals surface area contributed by atoms with Gasteiger partial charge in [0.05, 0.1) is 0 Å². The monoisotopic (exact) mass is 302 g/mol. The maximum absolute atomic E-state index is 2.46. The van der Waals surface area contributed by atoms with Crippen molar-refractivity contribution in [2.45, 2.75) is 38.5 Å². The summed E-state index contributed by atoms with van der Waals surface area (Å²) in [5, 5.41) is 0. The first kappa shape index (κ1) is 15.8. The Morgan fingerprint density at radius 2 is 1.22 bits per heavy atom. The van der Waals surface area contributed by atoms with Crippen LogP contribution in [0, 0.1) is 5.92 Å². The van der Waals surface area contributed by atoms with Crippen LogP contribution < -0.4 is 0 Å². The molecule has 0 heterocycles. The minimum absolute atomic E-state index is 0.0410. The number of hydrogen-bond donors (Lipinski definition) is 0. The van der Waals surface area contributed by atoms with Gasteiger partial charge in [-0.3, -0.25) is 0 Å². The van der Waals surface area contributed by atoms with Crippen molar-refractivity contribution in [1.82, 2.24) is 0 Å². The van der Waals surface area contributed by atoms with Gasteiger partial charge in [-0.05, 0) is 22.1 Å². The van der Waals surface area contributed by atoms with Crippen LogP contribution in [0.3, 0.4) is 0 Å². The van der Waals surface area contributed by atoms with Crippen molar-refractivity contribution >= 4 is 0 Å². The number of allylic oxidation sites excluding steroid dienone is 4. The van der Waals surface area contributed by atoms with E-state index >= 15 is 0 Å². The molecule has 1 aliphatic carbocycles.